The molecule has 0 radical (unpaired) electrons. The van der Waals surface area contributed by atoms with Crippen LogP contribution in [0, 0.1) is 17.3 Å². The summed E-state index contributed by atoms with van der Waals surface area (Å²) in [5, 5.41) is 48.3. The average molecular weight is 601 g/mol. The Kier molecular flexibility index (Phi) is 8.05. The second kappa shape index (κ2) is 10.9. The number of benzene rings is 1. The van der Waals surface area contributed by atoms with E-state index in [4.69, 9.17) is 10.5 Å². The van der Waals surface area contributed by atoms with Crippen molar-refractivity contribution in [3.63, 3.8) is 0 Å². The molecule has 1 fully saturated rings. The SMILES string of the molecule is CN(C)c1cc(CNC(=O)OCC(C)(C)C)c(O)c2c1CC1CC3[C@@H](N(C)C)C(=O)C(C(N)=O)=C(O)[C@@]3(O)C(=O)C1=C2O. The summed E-state index contributed by atoms with van der Waals surface area (Å²) in [5.41, 5.74) is 2.58. The fourth-order valence-corrected chi connectivity index (χ4v) is 6.38. The number of anilines is 1. The number of amides is 2. The molecule has 1 aromatic rings. The number of hydrogen-bond donors (Lipinski definition) is 6. The number of Topliss-reactive ketones (excluding diaryl/α,β-unsaturated/α-hetero) is 2. The summed E-state index contributed by atoms with van der Waals surface area (Å²) in [7, 11) is 6.62. The van der Waals surface area contributed by atoms with Gasteiger partial charge in [0, 0.05) is 43.4 Å². The molecule has 0 saturated heterocycles. The van der Waals surface area contributed by atoms with Crippen molar-refractivity contribution in [2.24, 2.45) is 23.0 Å². The minimum atomic E-state index is -2.72. The molecule has 43 heavy (non-hydrogen) atoms. The van der Waals surface area contributed by atoms with Crippen LogP contribution in [0.2, 0.25) is 0 Å². The van der Waals surface area contributed by atoms with Gasteiger partial charge in [-0.25, -0.2) is 4.79 Å². The molecule has 4 rings (SSSR count). The molecule has 3 aliphatic carbocycles. The van der Waals surface area contributed by atoms with Crippen LogP contribution < -0.4 is 16.0 Å². The van der Waals surface area contributed by atoms with E-state index in [0.717, 1.165) is 0 Å². The van der Waals surface area contributed by atoms with Crippen molar-refractivity contribution in [2.45, 2.75) is 51.8 Å². The van der Waals surface area contributed by atoms with Crippen LogP contribution in [0.4, 0.5) is 10.5 Å². The van der Waals surface area contributed by atoms with Crippen molar-refractivity contribution >= 4 is 35.0 Å². The molecule has 1 aromatic carbocycles. The van der Waals surface area contributed by atoms with E-state index in [1.807, 2.05) is 20.8 Å². The lowest BCUT2D eigenvalue weighted by atomic mass is 9.57. The number of phenolic OH excluding ortho intramolecular Hbond substituents is 1. The topological polar surface area (TPSA) is 203 Å². The van der Waals surface area contributed by atoms with Gasteiger partial charge in [-0.2, -0.15) is 0 Å². The molecule has 2 amide bonds. The third kappa shape index (κ3) is 5.20. The number of alkyl carbamates (subject to hydrolysis) is 1. The highest BCUT2D eigenvalue weighted by Gasteiger charge is 2.64. The highest BCUT2D eigenvalue weighted by atomic mass is 16.5. The summed E-state index contributed by atoms with van der Waals surface area (Å²) in [5.74, 6) is -7.19. The Morgan fingerprint density at radius 2 is 1.77 bits per heavy atom. The number of rotatable bonds is 6. The van der Waals surface area contributed by atoms with E-state index in [1.54, 1.807) is 39.2 Å². The Labute approximate surface area is 249 Å². The molecule has 3 aliphatic rings. The largest absolute Gasteiger partial charge is 0.508 e. The first-order valence-electron chi connectivity index (χ1n) is 13.9. The predicted molar refractivity (Wildman–Crippen MR) is 156 cm³/mol. The molecule has 0 bridgehead atoms. The molecule has 0 heterocycles. The average Bonchev–Trinajstić information content (AvgIpc) is 2.88. The quantitative estimate of drug-likeness (QED) is 0.257. The Hall–Kier alpha value is -4.10. The van der Waals surface area contributed by atoms with Gasteiger partial charge in [0.2, 0.25) is 5.78 Å². The number of ketones is 2. The van der Waals surface area contributed by atoms with Gasteiger partial charge < -0.3 is 41.1 Å². The monoisotopic (exact) mass is 600 g/mol. The van der Waals surface area contributed by atoms with Crippen molar-refractivity contribution < 1.29 is 44.3 Å². The van der Waals surface area contributed by atoms with Gasteiger partial charge in [0.05, 0.1) is 18.2 Å². The smallest absolute Gasteiger partial charge is 0.407 e. The standard InChI is InChI=1S/C30H40N4O9/c1-29(2,3)12-43-28(41)32-11-14-10-17(33(4)5)15-8-13-9-16-21(34(6)7)24(37)20(27(31)40)26(39)30(16,42)25(38)18(13)23(36)19(15)22(14)35/h10,13,16,21,35-36,39,42H,8-9,11-12H2,1-7H3,(H2,31,40)(H,32,41)/t13?,16?,21-,30+/m1/s1. The molecular weight excluding hydrogens is 560 g/mol. The molecular formula is C30H40N4O9. The number of nitrogens with two attached hydrogens (primary N) is 1. The zero-order valence-electron chi connectivity index (χ0n) is 25.4. The Bertz CT molecular complexity index is 1470. The minimum Gasteiger partial charge on any atom is -0.508 e. The maximum atomic E-state index is 14.1. The van der Waals surface area contributed by atoms with Gasteiger partial charge in [-0.15, -0.1) is 0 Å². The highest BCUT2D eigenvalue weighted by Crippen LogP contribution is 2.54. The lowest BCUT2D eigenvalue weighted by Crippen LogP contribution is -2.65. The Morgan fingerprint density at radius 3 is 2.30 bits per heavy atom. The van der Waals surface area contributed by atoms with E-state index in [-0.39, 0.29) is 53.9 Å². The number of nitrogens with zero attached hydrogens (tertiary/aromatic N) is 2. The molecule has 2 unspecified atom stereocenters. The van der Waals surface area contributed by atoms with E-state index in [9.17, 15) is 39.6 Å². The summed E-state index contributed by atoms with van der Waals surface area (Å²) >= 11 is 0. The van der Waals surface area contributed by atoms with Crippen molar-refractivity contribution in [3.05, 3.63) is 39.7 Å². The van der Waals surface area contributed by atoms with Crippen molar-refractivity contribution in [3.8, 4) is 5.75 Å². The number of aromatic hydroxyl groups is 1. The first-order chi connectivity index (χ1) is 19.8. The third-order valence-corrected chi connectivity index (χ3v) is 8.32. The van der Waals surface area contributed by atoms with E-state index in [0.29, 0.717) is 11.3 Å². The first-order valence-corrected chi connectivity index (χ1v) is 13.9. The maximum absolute atomic E-state index is 14.1. The fourth-order valence-electron chi connectivity index (χ4n) is 6.38. The van der Waals surface area contributed by atoms with Gasteiger partial charge in [0.25, 0.3) is 5.91 Å². The van der Waals surface area contributed by atoms with Crippen molar-refractivity contribution in [1.29, 1.82) is 0 Å². The lowest BCUT2D eigenvalue weighted by molar-refractivity contribution is -0.153. The summed E-state index contributed by atoms with van der Waals surface area (Å²) in [4.78, 5) is 55.0. The van der Waals surface area contributed by atoms with Crippen LogP contribution >= 0.6 is 0 Å². The second-order valence-electron chi connectivity index (χ2n) is 13.1. The minimum absolute atomic E-state index is 0.0116. The Morgan fingerprint density at radius 1 is 1.14 bits per heavy atom. The number of likely N-dealkylation sites (N-methyl/N-ethyl adjacent to an activating group) is 1. The summed E-state index contributed by atoms with van der Waals surface area (Å²) in [6.07, 6.45) is -0.564. The molecule has 0 aliphatic heterocycles. The van der Waals surface area contributed by atoms with Crippen LogP contribution in [0.15, 0.2) is 23.0 Å². The molecule has 234 valence electrons. The molecule has 7 N–H and O–H groups in total. The van der Waals surface area contributed by atoms with E-state index < -0.39 is 64.1 Å². The number of fused-ring (bicyclic) bond motifs is 3. The van der Waals surface area contributed by atoms with Crippen LogP contribution in [0.1, 0.15) is 43.9 Å². The van der Waals surface area contributed by atoms with Crippen LogP contribution in [0.25, 0.3) is 5.76 Å². The maximum Gasteiger partial charge on any atom is 0.407 e. The molecule has 0 spiro atoms. The van der Waals surface area contributed by atoms with E-state index >= 15 is 0 Å². The Balaban J connectivity index is 1.84. The van der Waals surface area contributed by atoms with Crippen molar-refractivity contribution in [1.82, 2.24) is 10.2 Å². The molecule has 13 heteroatoms. The van der Waals surface area contributed by atoms with Crippen molar-refractivity contribution in [2.75, 3.05) is 39.7 Å². The normalized spacial score (nSPS) is 25.3. The molecule has 13 nitrogen and oxygen atoms in total. The number of carbonyl (C=O) groups is 4. The van der Waals surface area contributed by atoms with Gasteiger partial charge in [0.1, 0.15) is 22.8 Å². The first kappa shape index (κ1) is 31.8. The second-order valence-corrected chi connectivity index (χ2v) is 13.1. The van der Waals surface area contributed by atoms with Gasteiger partial charge >= 0.3 is 6.09 Å². The third-order valence-electron chi connectivity index (χ3n) is 8.32. The number of carbonyl (C=O) groups excluding carboxylic acids is 4. The van der Waals surface area contributed by atoms with E-state index in [1.165, 1.54) is 4.90 Å². The zero-order valence-corrected chi connectivity index (χ0v) is 25.4. The fraction of sp³-hybridized carbons (Fsp3) is 0.533. The van der Waals surface area contributed by atoms with E-state index in [2.05, 4.69) is 5.32 Å². The highest BCUT2D eigenvalue weighted by molar-refractivity contribution is 6.24. The number of primary amides is 1. The van der Waals surface area contributed by atoms with Crippen LogP contribution in [0.5, 0.6) is 5.75 Å². The van der Waals surface area contributed by atoms with Crippen LogP contribution in [0.3, 0.4) is 0 Å². The van der Waals surface area contributed by atoms with Gasteiger partial charge in [-0.05, 0) is 49.9 Å². The number of nitrogens with one attached hydrogen (secondary N) is 1. The van der Waals surface area contributed by atoms with Gasteiger partial charge in [-0.3, -0.25) is 19.3 Å². The number of aliphatic hydroxyl groups excluding tert-OH is 2. The van der Waals surface area contributed by atoms with Gasteiger partial charge in [0.15, 0.2) is 11.4 Å². The summed E-state index contributed by atoms with van der Waals surface area (Å²) in [6.45, 7) is 5.72. The molecule has 4 atom stereocenters. The number of hydrogen-bond acceptors (Lipinski definition) is 11. The van der Waals surface area contributed by atoms with Gasteiger partial charge in [-0.1, -0.05) is 20.8 Å². The number of aliphatic hydroxyl groups is 3. The zero-order chi connectivity index (χ0) is 32.3. The number of ether oxygens (including phenoxy) is 1. The molecule has 1 saturated carbocycles. The number of phenols is 1. The molecule has 0 aromatic heterocycles. The lowest BCUT2D eigenvalue weighted by Gasteiger charge is -2.50. The summed E-state index contributed by atoms with van der Waals surface area (Å²) in [6, 6.07) is 0.503. The predicted octanol–water partition coefficient (Wildman–Crippen LogP) is 1.30. The van der Waals surface area contributed by atoms with Crippen LogP contribution in [-0.4, -0.2) is 95.3 Å². The van der Waals surface area contributed by atoms with Crippen LogP contribution in [-0.2, 0) is 32.1 Å². The summed E-state index contributed by atoms with van der Waals surface area (Å²) < 4.78 is 5.23.